The van der Waals surface area contributed by atoms with Crippen LogP contribution in [0.5, 0.6) is 11.5 Å². The van der Waals surface area contributed by atoms with Gasteiger partial charge in [0.1, 0.15) is 17.3 Å². The van der Waals surface area contributed by atoms with Crippen molar-refractivity contribution < 1.29 is 36.2 Å². The normalized spacial score (nSPS) is 6.91. The van der Waals surface area contributed by atoms with E-state index in [9.17, 15) is 14.0 Å². The molecule has 0 aliphatic carbocycles. The second kappa shape index (κ2) is 22.0. The summed E-state index contributed by atoms with van der Waals surface area (Å²) in [6.45, 7) is 0. The highest BCUT2D eigenvalue weighted by molar-refractivity contribution is 5.44. The van der Waals surface area contributed by atoms with Gasteiger partial charge >= 0.3 is 0 Å². The van der Waals surface area contributed by atoms with Gasteiger partial charge in [-0.2, -0.15) is 0 Å². The number of methoxy groups -OCH3 is 1. The predicted molar refractivity (Wildman–Crippen MR) is 143 cm³/mol. The third-order valence-electron chi connectivity index (χ3n) is 3.28. The van der Waals surface area contributed by atoms with Gasteiger partial charge in [0.2, 0.25) is 0 Å². The molecule has 0 amide bonds. The zero-order chi connectivity index (χ0) is 25.4. The first-order chi connectivity index (χ1) is 16.5. The van der Waals surface area contributed by atoms with Crippen molar-refractivity contribution >= 4 is 0 Å². The molecule has 0 aliphatic rings. The van der Waals surface area contributed by atoms with Gasteiger partial charge in [-0.05, 0) is 117 Å². The predicted octanol–water partition coefficient (Wildman–Crippen LogP) is 5.63. The average molecular weight is 481 g/mol. The molecule has 0 heterocycles. The Morgan fingerprint density at radius 1 is 0.857 bits per heavy atom. The molecule has 35 heavy (non-hydrogen) atoms. The van der Waals surface area contributed by atoms with E-state index in [2.05, 4.69) is 71.0 Å². The van der Waals surface area contributed by atoms with E-state index in [1.54, 1.807) is 12.2 Å². The molecule has 0 bridgehead atoms. The maximum absolute atomic E-state index is 13.1. The van der Waals surface area contributed by atoms with Gasteiger partial charge in [0.25, 0.3) is 0 Å². The number of rotatable bonds is 3. The van der Waals surface area contributed by atoms with Crippen LogP contribution in [0.3, 0.4) is 0 Å². The summed E-state index contributed by atoms with van der Waals surface area (Å²) in [7, 11) is 1.60. The standard InChI is InChI=1S/C14H13FO2.C14H2.CH4.FHO2.5H2/c1-17-13-4-2-3-10(8-13)7-11-9-12(15)5-6-14(11)16;1-3-5-7-9-11-13-14-12-10-8-6-4-2;;1-3-2;;;;;/h2-6,8-9,16H,7H2,1H3;1-2H;1H4;2H;5*1H. The third-order valence-corrected chi connectivity index (χ3v) is 3.28. The van der Waals surface area contributed by atoms with Crippen LogP contribution in [0.4, 0.5) is 8.92 Å². The van der Waals surface area contributed by atoms with Crippen LogP contribution in [0, 0.1) is 89.7 Å². The molecular weight excluding hydrogens is 450 g/mol. The molecule has 6 heteroatoms. The van der Waals surface area contributed by atoms with E-state index in [1.165, 1.54) is 18.2 Å². The van der Waals surface area contributed by atoms with E-state index in [4.69, 9.17) is 22.8 Å². The van der Waals surface area contributed by atoms with Crippen LogP contribution in [-0.2, 0) is 11.5 Å². The molecule has 2 aromatic carbocycles. The fourth-order valence-electron chi connectivity index (χ4n) is 2.02. The summed E-state index contributed by atoms with van der Waals surface area (Å²) in [5, 5.41) is 17.8. The van der Waals surface area contributed by atoms with E-state index in [0.717, 1.165) is 11.3 Å². The maximum Gasteiger partial charge on any atom is 0.123 e. The summed E-state index contributed by atoms with van der Waals surface area (Å²) in [6.07, 6.45) is 10.2. The number of terminal acetylenes is 2. The Kier molecular flexibility index (Phi) is 20.0. The lowest BCUT2D eigenvalue weighted by Gasteiger charge is -2.06. The summed E-state index contributed by atoms with van der Waals surface area (Å²) < 4.78 is 27.5. The molecule has 2 rings (SSSR count). The van der Waals surface area contributed by atoms with Gasteiger partial charge in [0.15, 0.2) is 0 Å². The Morgan fingerprint density at radius 3 is 1.80 bits per heavy atom. The first-order valence-electron chi connectivity index (χ1n) is 8.96. The van der Waals surface area contributed by atoms with E-state index in [-0.39, 0.29) is 26.1 Å². The summed E-state index contributed by atoms with van der Waals surface area (Å²) in [4.78, 5) is 0. The van der Waals surface area contributed by atoms with Crippen molar-refractivity contribution in [3.8, 4) is 95.4 Å². The zero-order valence-electron chi connectivity index (χ0n) is 17.9. The molecule has 0 atom stereocenters. The van der Waals surface area contributed by atoms with Crippen LogP contribution >= 0.6 is 0 Å². The number of benzene rings is 2. The van der Waals surface area contributed by atoms with Crippen LogP contribution in [0.15, 0.2) is 42.5 Å². The topological polar surface area (TPSA) is 58.9 Å². The lowest BCUT2D eigenvalue weighted by atomic mass is 10.0. The van der Waals surface area contributed by atoms with Crippen LogP contribution < -0.4 is 4.74 Å². The van der Waals surface area contributed by atoms with Crippen molar-refractivity contribution in [1.82, 2.24) is 0 Å². The van der Waals surface area contributed by atoms with Gasteiger partial charge < -0.3 is 9.84 Å². The van der Waals surface area contributed by atoms with Gasteiger partial charge in [-0.1, -0.05) is 19.6 Å². The fraction of sp³-hybridized carbons (Fsp3) is 0.103. The van der Waals surface area contributed by atoms with Crippen molar-refractivity contribution in [2.24, 2.45) is 0 Å². The Balaban J connectivity index is -0.0000000882. The van der Waals surface area contributed by atoms with E-state index in [1.807, 2.05) is 24.3 Å². The summed E-state index contributed by atoms with van der Waals surface area (Å²) in [6, 6.07) is 11.4. The monoisotopic (exact) mass is 480 g/mol. The SMILES string of the molecule is C.C#CC#CC#CC#CC#CC#CC#C.COc1cccc(Cc2cc(F)ccc2O)c1.OOF.[HH].[HH].[HH].[HH].[HH]. The lowest BCUT2D eigenvalue weighted by molar-refractivity contribution is -0.397. The molecular formula is C29H30F2O4. The number of halogens is 2. The zero-order valence-corrected chi connectivity index (χ0v) is 17.9. The number of ether oxygens (including phenoxy) is 1. The van der Waals surface area contributed by atoms with E-state index < -0.39 is 0 Å². The number of hydrogen-bond acceptors (Lipinski definition) is 4. The second-order valence-electron chi connectivity index (χ2n) is 5.41. The Hall–Kier alpha value is -5.26. The Bertz CT molecular complexity index is 1310. The minimum atomic E-state index is -0.347. The maximum atomic E-state index is 13.1. The second-order valence-corrected chi connectivity index (χ2v) is 5.41. The Morgan fingerprint density at radius 2 is 1.34 bits per heavy atom. The van der Waals surface area contributed by atoms with Gasteiger partial charge in [0.05, 0.1) is 7.11 Å². The molecule has 0 fully saturated rings. The lowest BCUT2D eigenvalue weighted by Crippen LogP contribution is -1.91. The highest BCUT2D eigenvalue weighted by atomic mass is 19.3. The molecule has 0 radical (unpaired) electrons. The molecule has 0 spiro atoms. The van der Waals surface area contributed by atoms with Crippen molar-refractivity contribution in [2.45, 2.75) is 13.8 Å². The van der Waals surface area contributed by atoms with Crippen LogP contribution in [0.25, 0.3) is 0 Å². The molecule has 2 N–H and O–H groups in total. The van der Waals surface area contributed by atoms with Gasteiger partial charge in [-0.15, -0.1) is 12.8 Å². The highest BCUT2D eigenvalue weighted by Gasteiger charge is 2.05. The summed E-state index contributed by atoms with van der Waals surface area (Å²) >= 11 is 0. The smallest absolute Gasteiger partial charge is 0.123 e. The quantitative estimate of drug-likeness (QED) is 0.340. The van der Waals surface area contributed by atoms with Crippen LogP contribution in [0.2, 0.25) is 0 Å². The van der Waals surface area contributed by atoms with Gasteiger partial charge in [-0.3, -0.25) is 0 Å². The first kappa shape index (κ1) is 31.9. The summed E-state index contributed by atoms with van der Waals surface area (Å²) in [5.41, 5.74) is 1.53. The average Bonchev–Trinajstić information content (AvgIpc) is 2.84. The third kappa shape index (κ3) is 17.0. The molecule has 184 valence electrons. The number of phenols is 1. The molecule has 4 nitrogen and oxygen atoms in total. The largest absolute Gasteiger partial charge is 0.508 e. The molecule has 0 aromatic heterocycles. The first-order valence-corrected chi connectivity index (χ1v) is 8.96. The summed E-state index contributed by atoms with van der Waals surface area (Å²) in [5.74, 6) is 28.8. The fourth-order valence-corrected chi connectivity index (χ4v) is 2.02. The molecule has 0 unspecified atom stereocenters. The number of aromatic hydroxyl groups is 1. The number of hydrogen-bond donors (Lipinski definition) is 2. The van der Waals surface area contributed by atoms with Crippen LogP contribution in [0.1, 0.15) is 25.7 Å². The minimum Gasteiger partial charge on any atom is -0.508 e. The van der Waals surface area contributed by atoms with Crippen molar-refractivity contribution in [1.29, 1.82) is 0 Å². The minimum absolute atomic E-state index is 0. The van der Waals surface area contributed by atoms with E-state index in [0.29, 0.717) is 12.0 Å². The van der Waals surface area contributed by atoms with E-state index >= 15 is 0 Å². The molecule has 0 saturated heterocycles. The van der Waals surface area contributed by atoms with Gasteiger partial charge in [0, 0.05) is 19.1 Å². The van der Waals surface area contributed by atoms with Crippen molar-refractivity contribution in [3.63, 3.8) is 0 Å². The number of phenolic OH excluding ortho intramolecular Hbond substituents is 1. The molecule has 0 aliphatic heterocycles. The Labute approximate surface area is 212 Å². The highest BCUT2D eigenvalue weighted by Crippen LogP contribution is 2.23. The van der Waals surface area contributed by atoms with Crippen molar-refractivity contribution in [2.75, 3.05) is 7.11 Å². The van der Waals surface area contributed by atoms with Crippen LogP contribution in [-0.4, -0.2) is 17.5 Å². The van der Waals surface area contributed by atoms with Gasteiger partial charge in [-0.25, -0.2) is 9.65 Å². The van der Waals surface area contributed by atoms with Crippen molar-refractivity contribution in [3.05, 3.63) is 59.4 Å². The molecule has 2 aromatic rings. The molecule has 0 saturated carbocycles.